The second kappa shape index (κ2) is 9.65. The molecule has 0 saturated carbocycles. The van der Waals surface area contributed by atoms with E-state index in [9.17, 15) is 24.6 Å². The van der Waals surface area contributed by atoms with Crippen LogP contribution < -0.4 is 0 Å². The van der Waals surface area contributed by atoms with E-state index in [1.807, 2.05) is 0 Å². The van der Waals surface area contributed by atoms with E-state index in [4.69, 9.17) is 7.80 Å². The van der Waals surface area contributed by atoms with Gasteiger partial charge in [-0.25, -0.2) is 4.79 Å². The zero-order valence-electron chi connectivity index (χ0n) is 15.1. The van der Waals surface area contributed by atoms with Crippen LogP contribution in [0.15, 0.2) is 48.5 Å². The van der Waals surface area contributed by atoms with Gasteiger partial charge >= 0.3 is 17.9 Å². The number of carbonyl (C=O) groups excluding carboxylic acids is 1. The third-order valence-electron chi connectivity index (χ3n) is 4.31. The van der Waals surface area contributed by atoms with E-state index in [2.05, 4.69) is 0 Å². The van der Waals surface area contributed by atoms with Crippen molar-refractivity contribution in [1.29, 1.82) is 0 Å². The lowest BCUT2D eigenvalue weighted by atomic mass is 9.82. The van der Waals surface area contributed by atoms with E-state index in [0.717, 1.165) is 5.56 Å². The minimum Gasteiger partial charge on any atom is -0.480 e. The van der Waals surface area contributed by atoms with Crippen LogP contribution in [-0.4, -0.2) is 41.3 Å². The molecule has 0 atom stereocenters. The van der Waals surface area contributed by atoms with Gasteiger partial charge in [-0.1, -0.05) is 42.5 Å². The summed E-state index contributed by atoms with van der Waals surface area (Å²) in [4.78, 5) is 35.4. The van der Waals surface area contributed by atoms with Crippen LogP contribution in [0.5, 0.6) is 0 Å². The fraction of sp³-hybridized carbons (Fsp3) is 0.250. The first-order valence-corrected chi connectivity index (χ1v) is 9.29. The number of hydrogen-bond acceptors (Lipinski definition) is 5. The van der Waals surface area contributed by atoms with Crippen LogP contribution in [0.2, 0.25) is 0 Å². The predicted molar refractivity (Wildman–Crippen MR) is 109 cm³/mol. The summed E-state index contributed by atoms with van der Waals surface area (Å²) in [5, 5.41) is 18.9. The molecule has 0 aromatic heterocycles. The van der Waals surface area contributed by atoms with Gasteiger partial charge in [0.25, 0.3) is 0 Å². The number of halogens is 1. The number of carboxylic acids is 2. The van der Waals surface area contributed by atoms with Gasteiger partial charge in [-0.05, 0) is 29.7 Å². The van der Waals surface area contributed by atoms with Crippen LogP contribution in [0.3, 0.4) is 0 Å². The molecule has 0 aliphatic carbocycles. The van der Waals surface area contributed by atoms with E-state index in [1.165, 1.54) is 23.0 Å². The Morgan fingerprint density at radius 2 is 1.61 bits per heavy atom. The number of rotatable bonds is 9. The molecule has 0 radical (unpaired) electrons. The van der Waals surface area contributed by atoms with Crippen molar-refractivity contribution in [3.05, 3.63) is 59.7 Å². The minimum absolute atomic E-state index is 0.236. The summed E-state index contributed by atoms with van der Waals surface area (Å²) >= 11 is 1.48. The predicted octanol–water partition coefficient (Wildman–Crippen LogP) is 3.60. The zero-order chi connectivity index (χ0) is 20.7. The van der Waals surface area contributed by atoms with E-state index in [1.54, 1.807) is 55.5 Å². The first-order valence-electron chi connectivity index (χ1n) is 8.41. The average molecular weight is 498 g/mol. The number of carboxylic acid groups (broad SMARTS) is 2. The molecule has 2 rings (SSSR count). The van der Waals surface area contributed by atoms with Gasteiger partial charge in [0, 0.05) is 6.42 Å². The molecular weight excluding hydrogens is 479 g/mol. The molecule has 0 aliphatic heterocycles. The highest BCUT2D eigenvalue weighted by molar-refractivity contribution is 14.1. The number of carbonyl (C=O) groups is 3. The van der Waals surface area contributed by atoms with Crippen LogP contribution in [0.25, 0.3) is 11.1 Å². The molecule has 28 heavy (non-hydrogen) atoms. The van der Waals surface area contributed by atoms with Gasteiger partial charge in [-0.3, -0.25) is 9.59 Å². The number of esters is 1. The molecule has 0 saturated heterocycles. The summed E-state index contributed by atoms with van der Waals surface area (Å²) in [5.74, 6) is -3.36. The van der Waals surface area contributed by atoms with Gasteiger partial charge in [-0.15, -0.1) is 0 Å². The van der Waals surface area contributed by atoms with Crippen molar-refractivity contribution in [3.63, 3.8) is 0 Å². The Bertz CT molecular complexity index is 847. The molecule has 2 aromatic rings. The molecular formula is C20H19IO7. The van der Waals surface area contributed by atoms with E-state index in [-0.39, 0.29) is 13.0 Å². The third kappa shape index (κ3) is 4.68. The van der Waals surface area contributed by atoms with E-state index < -0.39 is 29.9 Å². The van der Waals surface area contributed by atoms with Gasteiger partial charge < -0.3 is 18.0 Å². The second-order valence-corrected chi connectivity index (χ2v) is 6.71. The van der Waals surface area contributed by atoms with Crippen molar-refractivity contribution in [1.82, 2.24) is 0 Å². The Morgan fingerprint density at radius 3 is 2.14 bits per heavy atom. The summed E-state index contributed by atoms with van der Waals surface area (Å²) in [6.45, 7) is 1.52. The minimum atomic E-state index is -2.08. The van der Waals surface area contributed by atoms with Crippen molar-refractivity contribution in [3.8, 4) is 11.1 Å². The molecule has 0 amide bonds. The highest BCUT2D eigenvalue weighted by Gasteiger charge is 2.47. The van der Waals surface area contributed by atoms with Gasteiger partial charge in [0.05, 0.1) is 18.8 Å². The highest BCUT2D eigenvalue weighted by atomic mass is 127. The average Bonchev–Trinajstić information content (AvgIpc) is 2.68. The van der Waals surface area contributed by atoms with E-state index in [0.29, 0.717) is 16.7 Å². The molecule has 0 spiro atoms. The maximum atomic E-state index is 12.1. The van der Waals surface area contributed by atoms with Crippen LogP contribution in [0.4, 0.5) is 0 Å². The Kier molecular flexibility index (Phi) is 7.53. The molecule has 7 nitrogen and oxygen atoms in total. The van der Waals surface area contributed by atoms with Crippen LogP contribution in [-0.2, 0) is 23.8 Å². The fourth-order valence-corrected chi connectivity index (χ4v) is 3.31. The Morgan fingerprint density at radius 1 is 1.00 bits per heavy atom. The number of aliphatic carboxylic acids is 2. The third-order valence-corrected chi connectivity index (χ3v) is 4.62. The first-order chi connectivity index (χ1) is 13.4. The number of benzene rings is 2. The summed E-state index contributed by atoms with van der Waals surface area (Å²) in [5.41, 5.74) is 0.266. The summed E-state index contributed by atoms with van der Waals surface area (Å²) in [6, 6.07) is 13.7. The van der Waals surface area contributed by atoms with Gasteiger partial charge in [0.15, 0.2) is 5.41 Å². The SMILES string of the molecule is CCOC(=O)c1ccccc1-c1ccc(CC(COI)(C(=O)O)C(=O)O)cc1. The Labute approximate surface area is 176 Å². The molecule has 148 valence electrons. The number of hydrogen-bond donors (Lipinski definition) is 2. The Hall–Kier alpha value is -2.46. The van der Waals surface area contributed by atoms with Crippen LogP contribution >= 0.6 is 23.0 Å². The highest BCUT2D eigenvalue weighted by Crippen LogP contribution is 2.29. The first kappa shape index (κ1) is 21.8. The van der Waals surface area contributed by atoms with Crippen molar-refractivity contribution in [2.75, 3.05) is 13.2 Å². The molecule has 0 fully saturated rings. The zero-order valence-corrected chi connectivity index (χ0v) is 17.2. The molecule has 0 bridgehead atoms. The van der Waals surface area contributed by atoms with Crippen molar-refractivity contribution < 1.29 is 32.4 Å². The normalized spacial score (nSPS) is 11.1. The summed E-state index contributed by atoms with van der Waals surface area (Å²) in [6.07, 6.45) is -0.236. The van der Waals surface area contributed by atoms with Gasteiger partial charge in [0.2, 0.25) is 0 Å². The van der Waals surface area contributed by atoms with Crippen molar-refractivity contribution in [2.45, 2.75) is 13.3 Å². The molecule has 2 N–H and O–H groups in total. The van der Waals surface area contributed by atoms with Gasteiger partial charge in [-0.2, -0.15) is 0 Å². The maximum absolute atomic E-state index is 12.1. The molecule has 2 aromatic carbocycles. The smallest absolute Gasteiger partial charge is 0.338 e. The maximum Gasteiger partial charge on any atom is 0.338 e. The lowest BCUT2D eigenvalue weighted by Crippen LogP contribution is -2.44. The van der Waals surface area contributed by atoms with E-state index >= 15 is 0 Å². The van der Waals surface area contributed by atoms with Gasteiger partial charge in [0.1, 0.15) is 23.0 Å². The molecule has 8 heteroatoms. The van der Waals surface area contributed by atoms with Crippen LogP contribution in [0, 0.1) is 5.41 Å². The molecule has 0 heterocycles. The quantitative estimate of drug-likeness (QED) is 0.309. The molecule has 0 aliphatic rings. The monoisotopic (exact) mass is 498 g/mol. The molecule has 0 unspecified atom stereocenters. The topological polar surface area (TPSA) is 110 Å². The Balaban J connectivity index is 2.35. The van der Waals surface area contributed by atoms with Crippen molar-refractivity contribution in [2.24, 2.45) is 5.41 Å². The second-order valence-electron chi connectivity index (χ2n) is 6.09. The van der Waals surface area contributed by atoms with Crippen LogP contribution in [0.1, 0.15) is 22.8 Å². The van der Waals surface area contributed by atoms with Crippen molar-refractivity contribution >= 4 is 40.9 Å². The lowest BCUT2D eigenvalue weighted by molar-refractivity contribution is -0.166. The fourth-order valence-electron chi connectivity index (χ4n) is 2.78. The standard InChI is InChI=1S/C20H19IO7/c1-2-27-17(22)16-6-4-3-5-15(16)14-9-7-13(8-10-14)11-20(12-28-21,18(23)24)19(25)26/h3-10H,2,11-12H2,1H3,(H,23,24)(H,25,26). The summed E-state index contributed by atoms with van der Waals surface area (Å²) in [7, 11) is 0. The summed E-state index contributed by atoms with van der Waals surface area (Å²) < 4.78 is 9.89. The lowest BCUT2D eigenvalue weighted by Gasteiger charge is -2.23. The number of ether oxygens (including phenoxy) is 1. The largest absolute Gasteiger partial charge is 0.480 e.